The molecule has 4 nitrogen and oxygen atoms in total. The van der Waals surface area contributed by atoms with Gasteiger partial charge in [0.2, 0.25) is 10.0 Å². The summed E-state index contributed by atoms with van der Waals surface area (Å²) in [5.41, 5.74) is 0.602. The molecule has 1 aromatic carbocycles. The number of ether oxygens (including phenoxy) is 1. The Labute approximate surface area is 130 Å². The molecular weight excluding hydrogens is 321 g/mol. The van der Waals surface area contributed by atoms with Crippen molar-refractivity contribution in [3.8, 4) is 0 Å². The maximum atomic E-state index is 12.6. The first kappa shape index (κ1) is 17.7. The minimum Gasteiger partial charge on any atom is -0.383 e. The second-order valence-electron chi connectivity index (χ2n) is 4.40. The molecule has 7 heteroatoms. The summed E-state index contributed by atoms with van der Waals surface area (Å²) in [6.07, 6.45) is 0. The molecule has 0 N–H and O–H groups in total. The Morgan fingerprint density at radius 1 is 1.40 bits per heavy atom. The SMILES string of the molecule is CCN(C(C)COC)S(=O)(=O)c1ccc(Cl)c(CCl)c1. The lowest BCUT2D eigenvalue weighted by molar-refractivity contribution is 0.142. The highest BCUT2D eigenvalue weighted by Gasteiger charge is 2.28. The van der Waals surface area contributed by atoms with Crippen LogP contribution in [0, 0.1) is 0 Å². The highest BCUT2D eigenvalue weighted by atomic mass is 35.5. The van der Waals surface area contributed by atoms with Crippen molar-refractivity contribution >= 4 is 33.2 Å². The van der Waals surface area contributed by atoms with E-state index in [0.29, 0.717) is 23.7 Å². The van der Waals surface area contributed by atoms with E-state index < -0.39 is 10.0 Å². The van der Waals surface area contributed by atoms with E-state index in [9.17, 15) is 8.42 Å². The number of rotatable bonds is 7. The molecule has 0 radical (unpaired) electrons. The Morgan fingerprint density at radius 3 is 2.55 bits per heavy atom. The smallest absolute Gasteiger partial charge is 0.243 e. The van der Waals surface area contributed by atoms with Gasteiger partial charge in [0, 0.05) is 30.6 Å². The van der Waals surface area contributed by atoms with E-state index in [-0.39, 0.29) is 16.8 Å². The third-order valence-corrected chi connectivity index (χ3v) is 5.72. The highest BCUT2D eigenvalue weighted by molar-refractivity contribution is 7.89. The molecule has 0 bridgehead atoms. The van der Waals surface area contributed by atoms with Crippen LogP contribution >= 0.6 is 23.2 Å². The lowest BCUT2D eigenvalue weighted by Gasteiger charge is -2.26. The van der Waals surface area contributed by atoms with E-state index in [2.05, 4.69) is 0 Å². The number of benzene rings is 1. The molecule has 0 aliphatic carbocycles. The van der Waals surface area contributed by atoms with Crippen molar-refractivity contribution in [2.24, 2.45) is 0 Å². The predicted molar refractivity (Wildman–Crippen MR) is 81.9 cm³/mol. The molecule has 0 aromatic heterocycles. The number of methoxy groups -OCH3 is 1. The fraction of sp³-hybridized carbons (Fsp3) is 0.538. The van der Waals surface area contributed by atoms with Crippen LogP contribution in [0.15, 0.2) is 23.1 Å². The summed E-state index contributed by atoms with van der Waals surface area (Å²) in [6.45, 7) is 4.31. The Balaban J connectivity index is 3.20. The number of likely N-dealkylation sites (N-methyl/N-ethyl adjacent to an activating group) is 1. The highest BCUT2D eigenvalue weighted by Crippen LogP contribution is 2.25. The van der Waals surface area contributed by atoms with Crippen LogP contribution in [0.1, 0.15) is 19.4 Å². The summed E-state index contributed by atoms with van der Waals surface area (Å²) in [5, 5.41) is 0.465. The van der Waals surface area contributed by atoms with Gasteiger partial charge >= 0.3 is 0 Å². The second-order valence-corrected chi connectivity index (χ2v) is 6.96. The molecule has 0 aliphatic rings. The third-order valence-electron chi connectivity index (χ3n) is 2.98. The van der Waals surface area contributed by atoms with Crippen molar-refractivity contribution in [2.75, 3.05) is 20.3 Å². The van der Waals surface area contributed by atoms with Crippen LogP contribution in [0.3, 0.4) is 0 Å². The van der Waals surface area contributed by atoms with Crippen LogP contribution in [0.25, 0.3) is 0 Å². The van der Waals surface area contributed by atoms with Crippen molar-refractivity contribution in [1.29, 1.82) is 0 Å². The molecule has 0 amide bonds. The first-order valence-electron chi connectivity index (χ1n) is 6.23. The summed E-state index contributed by atoms with van der Waals surface area (Å²) in [6, 6.07) is 4.33. The Hall–Kier alpha value is -0.330. The molecule has 0 aliphatic heterocycles. The van der Waals surface area contributed by atoms with Crippen molar-refractivity contribution in [3.05, 3.63) is 28.8 Å². The molecule has 1 atom stereocenters. The Bertz CT molecular complexity index is 549. The van der Waals surface area contributed by atoms with Gasteiger partial charge in [-0.3, -0.25) is 0 Å². The van der Waals surface area contributed by atoms with Crippen LogP contribution in [0.4, 0.5) is 0 Å². The molecule has 0 fully saturated rings. The summed E-state index contributed by atoms with van der Waals surface area (Å²) in [4.78, 5) is 0.197. The zero-order valence-corrected chi connectivity index (χ0v) is 14.1. The van der Waals surface area contributed by atoms with Gasteiger partial charge in [0.15, 0.2) is 0 Å². The molecule has 0 spiro atoms. The van der Waals surface area contributed by atoms with Crippen LogP contribution in [0.5, 0.6) is 0 Å². The molecule has 0 heterocycles. The standard InChI is InChI=1S/C13H19Cl2NO3S/c1-4-16(10(2)9-19-3)20(17,18)12-5-6-13(15)11(7-12)8-14/h5-7,10H,4,8-9H2,1-3H3. The van der Waals surface area contributed by atoms with Gasteiger partial charge in [-0.05, 0) is 30.7 Å². The number of nitrogens with zero attached hydrogens (tertiary/aromatic N) is 1. The van der Waals surface area contributed by atoms with Crippen LogP contribution < -0.4 is 0 Å². The lowest BCUT2D eigenvalue weighted by atomic mass is 10.2. The fourth-order valence-electron chi connectivity index (χ4n) is 1.99. The number of alkyl halides is 1. The van der Waals surface area contributed by atoms with Gasteiger partial charge in [0.05, 0.1) is 11.5 Å². The van der Waals surface area contributed by atoms with Crippen LogP contribution in [-0.2, 0) is 20.6 Å². The largest absolute Gasteiger partial charge is 0.383 e. The van der Waals surface area contributed by atoms with Gasteiger partial charge in [0.25, 0.3) is 0 Å². The number of sulfonamides is 1. The van der Waals surface area contributed by atoms with Gasteiger partial charge in [-0.2, -0.15) is 4.31 Å². The summed E-state index contributed by atoms with van der Waals surface area (Å²) in [7, 11) is -2.04. The van der Waals surface area contributed by atoms with E-state index in [1.807, 2.05) is 6.92 Å². The first-order valence-corrected chi connectivity index (χ1v) is 8.58. The van der Waals surface area contributed by atoms with Gasteiger partial charge in [-0.1, -0.05) is 18.5 Å². The normalized spacial score (nSPS) is 13.7. The summed E-state index contributed by atoms with van der Waals surface area (Å²) >= 11 is 11.7. The van der Waals surface area contributed by atoms with E-state index in [1.165, 1.54) is 16.4 Å². The average molecular weight is 340 g/mol. The third kappa shape index (κ3) is 3.86. The zero-order valence-electron chi connectivity index (χ0n) is 11.8. The van der Waals surface area contributed by atoms with E-state index in [1.54, 1.807) is 20.1 Å². The zero-order chi connectivity index (χ0) is 15.3. The molecule has 0 saturated carbocycles. The van der Waals surface area contributed by atoms with Gasteiger partial charge < -0.3 is 4.74 Å². The molecule has 20 heavy (non-hydrogen) atoms. The molecule has 1 aromatic rings. The molecular formula is C13H19Cl2NO3S. The van der Waals surface area contributed by atoms with Gasteiger partial charge in [0.1, 0.15) is 0 Å². The maximum absolute atomic E-state index is 12.6. The van der Waals surface area contributed by atoms with Crippen LogP contribution in [-0.4, -0.2) is 39.0 Å². The predicted octanol–water partition coefficient (Wildman–Crippen LogP) is 3.12. The number of hydrogen-bond acceptors (Lipinski definition) is 3. The minimum absolute atomic E-state index is 0.169. The second kappa shape index (κ2) is 7.61. The Morgan fingerprint density at radius 2 is 2.05 bits per heavy atom. The molecule has 114 valence electrons. The van der Waals surface area contributed by atoms with Gasteiger partial charge in [-0.15, -0.1) is 11.6 Å². The summed E-state index contributed by atoms with van der Waals surface area (Å²) in [5.74, 6) is 0.169. The van der Waals surface area contributed by atoms with Crippen molar-refractivity contribution in [1.82, 2.24) is 4.31 Å². The number of halogens is 2. The first-order chi connectivity index (χ1) is 9.38. The van der Waals surface area contributed by atoms with Crippen molar-refractivity contribution in [2.45, 2.75) is 30.7 Å². The van der Waals surface area contributed by atoms with Crippen molar-refractivity contribution in [3.63, 3.8) is 0 Å². The summed E-state index contributed by atoms with van der Waals surface area (Å²) < 4.78 is 31.7. The van der Waals surface area contributed by atoms with Crippen molar-refractivity contribution < 1.29 is 13.2 Å². The Kier molecular flexibility index (Phi) is 6.75. The maximum Gasteiger partial charge on any atom is 0.243 e. The number of hydrogen-bond donors (Lipinski definition) is 0. The quantitative estimate of drug-likeness (QED) is 0.717. The van der Waals surface area contributed by atoms with Crippen LogP contribution in [0.2, 0.25) is 5.02 Å². The van der Waals surface area contributed by atoms with Gasteiger partial charge in [-0.25, -0.2) is 8.42 Å². The lowest BCUT2D eigenvalue weighted by Crippen LogP contribution is -2.40. The molecule has 1 rings (SSSR count). The topological polar surface area (TPSA) is 46.6 Å². The van der Waals surface area contributed by atoms with E-state index in [4.69, 9.17) is 27.9 Å². The fourth-order valence-corrected chi connectivity index (χ4v) is 4.14. The monoisotopic (exact) mass is 339 g/mol. The van der Waals surface area contributed by atoms with E-state index in [0.717, 1.165) is 0 Å². The minimum atomic E-state index is -3.59. The average Bonchev–Trinajstić information content (AvgIpc) is 2.39. The molecule has 0 saturated heterocycles. The van der Waals surface area contributed by atoms with E-state index >= 15 is 0 Å². The molecule has 1 unspecified atom stereocenters.